The summed E-state index contributed by atoms with van der Waals surface area (Å²) in [6.45, 7) is 5.47. The lowest BCUT2D eigenvalue weighted by Crippen LogP contribution is -2.30. The van der Waals surface area contributed by atoms with Gasteiger partial charge in [0.25, 0.3) is 0 Å². The molecule has 0 aliphatic carbocycles. The molecular formula is C11H16N2O2S3. The zero-order valence-electron chi connectivity index (χ0n) is 10.3. The Morgan fingerprint density at radius 2 is 1.83 bits per heavy atom. The zero-order chi connectivity index (χ0) is 13.6. The smallest absolute Gasteiger partial charge is 0.250 e. The number of benzene rings is 1. The molecule has 4 nitrogen and oxygen atoms in total. The number of rotatable bonds is 5. The zero-order valence-corrected chi connectivity index (χ0v) is 12.7. The van der Waals surface area contributed by atoms with E-state index in [0.29, 0.717) is 4.32 Å². The van der Waals surface area contributed by atoms with Crippen molar-refractivity contribution in [3.63, 3.8) is 0 Å². The highest BCUT2D eigenvalue weighted by Gasteiger charge is 2.15. The Labute approximate surface area is 118 Å². The molecule has 0 saturated heterocycles. The summed E-state index contributed by atoms with van der Waals surface area (Å²) in [4.78, 5) is 2.15. The van der Waals surface area contributed by atoms with E-state index in [1.807, 2.05) is 18.7 Å². The van der Waals surface area contributed by atoms with E-state index in [9.17, 15) is 8.42 Å². The molecule has 1 N–H and O–H groups in total. The van der Waals surface area contributed by atoms with Crippen molar-refractivity contribution >= 4 is 38.5 Å². The van der Waals surface area contributed by atoms with Crippen LogP contribution in [-0.4, -0.2) is 30.7 Å². The Hall–Kier alpha value is -0.630. The van der Waals surface area contributed by atoms with Crippen LogP contribution in [-0.2, 0) is 10.0 Å². The first kappa shape index (κ1) is 15.4. The molecule has 0 aliphatic rings. The van der Waals surface area contributed by atoms with Gasteiger partial charge in [-0.1, -0.05) is 30.4 Å². The summed E-state index contributed by atoms with van der Waals surface area (Å²) in [5.41, 5.74) is 0. The van der Waals surface area contributed by atoms with E-state index in [0.717, 1.165) is 25.0 Å². The SMILES string of the molecule is CCN(CC)C(=S)SNS(=O)(=O)c1ccccc1. The first-order valence-corrected chi connectivity index (χ1v) is 8.24. The fourth-order valence-electron chi connectivity index (χ4n) is 1.28. The predicted molar refractivity (Wildman–Crippen MR) is 79.9 cm³/mol. The molecule has 0 bridgehead atoms. The lowest BCUT2D eigenvalue weighted by atomic mass is 10.4. The Morgan fingerprint density at radius 3 is 2.33 bits per heavy atom. The van der Waals surface area contributed by atoms with Gasteiger partial charge >= 0.3 is 0 Å². The molecule has 0 aromatic heterocycles. The first-order valence-electron chi connectivity index (χ1n) is 5.53. The third-order valence-corrected chi connectivity index (χ3v) is 5.36. The summed E-state index contributed by atoms with van der Waals surface area (Å²) >= 11 is 6.11. The summed E-state index contributed by atoms with van der Waals surface area (Å²) in [5, 5.41) is 0. The molecule has 0 spiro atoms. The van der Waals surface area contributed by atoms with Crippen molar-refractivity contribution in [1.29, 1.82) is 0 Å². The van der Waals surface area contributed by atoms with Gasteiger partial charge in [0, 0.05) is 25.0 Å². The summed E-state index contributed by atoms with van der Waals surface area (Å²) in [6, 6.07) is 8.23. The Bertz CT molecular complexity index is 484. The van der Waals surface area contributed by atoms with E-state index >= 15 is 0 Å². The standard InChI is InChI=1S/C11H16N2O2S3/c1-3-13(4-2)11(16)17-12-18(14,15)10-8-6-5-7-9-10/h5-9,12H,3-4H2,1-2H3. The van der Waals surface area contributed by atoms with Crippen molar-refractivity contribution in [2.24, 2.45) is 0 Å². The van der Waals surface area contributed by atoms with Crippen molar-refractivity contribution in [3.8, 4) is 0 Å². The van der Waals surface area contributed by atoms with Gasteiger partial charge < -0.3 is 4.90 Å². The molecule has 1 aromatic rings. The third kappa shape index (κ3) is 4.24. The van der Waals surface area contributed by atoms with Gasteiger partial charge in [0.15, 0.2) is 4.32 Å². The predicted octanol–water partition coefficient (Wildman–Crippen LogP) is 2.24. The van der Waals surface area contributed by atoms with Gasteiger partial charge in [-0.15, -0.1) is 4.13 Å². The molecule has 0 aliphatic heterocycles. The fraction of sp³-hybridized carbons (Fsp3) is 0.364. The van der Waals surface area contributed by atoms with Gasteiger partial charge in [-0.25, -0.2) is 8.42 Å². The Kier molecular flexibility index (Phi) is 6.07. The fourth-order valence-corrected chi connectivity index (χ4v) is 3.86. The monoisotopic (exact) mass is 304 g/mol. The minimum absolute atomic E-state index is 0.236. The quantitative estimate of drug-likeness (QED) is 0.668. The number of hydrogen-bond acceptors (Lipinski definition) is 4. The number of sulfonamides is 1. The molecule has 0 amide bonds. The van der Waals surface area contributed by atoms with Crippen LogP contribution in [0, 0.1) is 0 Å². The topological polar surface area (TPSA) is 49.4 Å². The van der Waals surface area contributed by atoms with Crippen LogP contribution in [0.25, 0.3) is 0 Å². The summed E-state index contributed by atoms with van der Waals surface area (Å²) in [5.74, 6) is 0. The summed E-state index contributed by atoms with van der Waals surface area (Å²) in [7, 11) is -3.51. The summed E-state index contributed by atoms with van der Waals surface area (Å²) < 4.78 is 26.8. The van der Waals surface area contributed by atoms with Crippen LogP contribution in [0.4, 0.5) is 0 Å². The Balaban J connectivity index is 2.66. The molecule has 0 fully saturated rings. The van der Waals surface area contributed by atoms with Crippen molar-refractivity contribution in [2.75, 3.05) is 13.1 Å². The van der Waals surface area contributed by atoms with E-state index in [1.165, 1.54) is 0 Å². The second-order valence-electron chi connectivity index (χ2n) is 3.44. The maximum absolute atomic E-state index is 11.9. The van der Waals surface area contributed by atoms with E-state index in [-0.39, 0.29) is 4.90 Å². The van der Waals surface area contributed by atoms with Crippen LogP contribution in [0.3, 0.4) is 0 Å². The number of nitrogens with one attached hydrogen (secondary N) is 1. The minimum Gasteiger partial charge on any atom is -0.357 e. The van der Waals surface area contributed by atoms with Crippen LogP contribution < -0.4 is 4.13 Å². The lowest BCUT2D eigenvalue weighted by Gasteiger charge is -2.20. The highest BCUT2D eigenvalue weighted by Crippen LogP contribution is 2.13. The van der Waals surface area contributed by atoms with Crippen LogP contribution in [0.1, 0.15) is 13.8 Å². The largest absolute Gasteiger partial charge is 0.357 e. The van der Waals surface area contributed by atoms with Gasteiger partial charge in [-0.2, -0.15) is 0 Å². The molecule has 1 rings (SSSR count). The van der Waals surface area contributed by atoms with E-state index < -0.39 is 10.0 Å². The van der Waals surface area contributed by atoms with Gasteiger partial charge in [-0.05, 0) is 26.0 Å². The number of nitrogens with zero attached hydrogens (tertiary/aromatic N) is 1. The first-order chi connectivity index (χ1) is 8.51. The van der Waals surface area contributed by atoms with Crippen molar-refractivity contribution in [3.05, 3.63) is 30.3 Å². The van der Waals surface area contributed by atoms with Gasteiger partial charge in [0.05, 0.1) is 4.90 Å². The second-order valence-corrected chi connectivity index (χ2v) is 6.82. The average molecular weight is 304 g/mol. The minimum atomic E-state index is -3.51. The van der Waals surface area contributed by atoms with Crippen molar-refractivity contribution in [2.45, 2.75) is 18.7 Å². The molecule has 18 heavy (non-hydrogen) atoms. The van der Waals surface area contributed by atoms with E-state index in [2.05, 4.69) is 4.13 Å². The second kappa shape index (κ2) is 7.08. The highest BCUT2D eigenvalue weighted by molar-refractivity contribution is 8.26. The lowest BCUT2D eigenvalue weighted by molar-refractivity contribution is 0.482. The van der Waals surface area contributed by atoms with Gasteiger partial charge in [0.2, 0.25) is 10.0 Å². The van der Waals surface area contributed by atoms with E-state index in [4.69, 9.17) is 12.2 Å². The summed E-state index contributed by atoms with van der Waals surface area (Å²) in [6.07, 6.45) is 0. The van der Waals surface area contributed by atoms with Crippen LogP contribution in [0.2, 0.25) is 0 Å². The molecule has 100 valence electrons. The molecule has 0 heterocycles. The molecule has 1 aromatic carbocycles. The van der Waals surface area contributed by atoms with Crippen molar-refractivity contribution < 1.29 is 8.42 Å². The van der Waals surface area contributed by atoms with E-state index in [1.54, 1.807) is 30.3 Å². The normalized spacial score (nSPS) is 11.2. The van der Waals surface area contributed by atoms with Crippen LogP contribution >= 0.6 is 24.2 Å². The molecular weight excluding hydrogens is 288 g/mol. The van der Waals surface area contributed by atoms with Gasteiger partial charge in [-0.3, -0.25) is 0 Å². The van der Waals surface area contributed by atoms with Crippen LogP contribution in [0.5, 0.6) is 0 Å². The molecule has 7 heteroatoms. The number of hydrogen-bond donors (Lipinski definition) is 1. The maximum atomic E-state index is 11.9. The molecule has 0 saturated carbocycles. The Morgan fingerprint density at radius 1 is 1.28 bits per heavy atom. The average Bonchev–Trinajstić information content (AvgIpc) is 2.39. The van der Waals surface area contributed by atoms with Gasteiger partial charge in [0.1, 0.15) is 0 Å². The molecule has 0 atom stereocenters. The maximum Gasteiger partial charge on any atom is 0.250 e. The third-order valence-electron chi connectivity index (χ3n) is 2.31. The number of thiocarbonyl (C=S) groups is 1. The molecule has 0 unspecified atom stereocenters. The van der Waals surface area contributed by atoms with Crippen molar-refractivity contribution in [1.82, 2.24) is 9.03 Å². The van der Waals surface area contributed by atoms with Crippen LogP contribution in [0.15, 0.2) is 35.2 Å². The highest BCUT2D eigenvalue weighted by atomic mass is 32.3. The molecule has 0 radical (unpaired) electrons.